The standard InChI is InChI=1S/C15H25NO2.ClH/c1-4-7-13-8-5-6-9-15(13)18-11-14(17)10-16-12(2)3;/h5-6,8-9,12,14,16-17H,4,7,10-11H2,1-3H3;1H/t14-;/m0./s1. The maximum absolute atomic E-state index is 9.79. The van der Waals surface area contributed by atoms with E-state index in [1.54, 1.807) is 0 Å². The molecule has 1 atom stereocenters. The summed E-state index contributed by atoms with van der Waals surface area (Å²) in [6.45, 7) is 7.17. The largest absolute Gasteiger partial charge is 0.491 e. The lowest BCUT2D eigenvalue weighted by Crippen LogP contribution is -2.35. The van der Waals surface area contributed by atoms with E-state index in [4.69, 9.17) is 4.74 Å². The van der Waals surface area contributed by atoms with Crippen molar-refractivity contribution in [2.45, 2.75) is 45.8 Å². The molecule has 0 saturated heterocycles. The molecule has 0 aliphatic heterocycles. The van der Waals surface area contributed by atoms with E-state index in [-0.39, 0.29) is 12.4 Å². The SMILES string of the molecule is CCCc1ccccc1OC[C@@H](O)CNC(C)C.Cl. The van der Waals surface area contributed by atoms with Gasteiger partial charge in [-0.15, -0.1) is 12.4 Å². The third-order valence-corrected chi connectivity index (χ3v) is 2.68. The molecule has 0 fully saturated rings. The Morgan fingerprint density at radius 3 is 2.58 bits per heavy atom. The Bertz CT molecular complexity index is 345. The smallest absolute Gasteiger partial charge is 0.122 e. The van der Waals surface area contributed by atoms with E-state index in [1.165, 1.54) is 5.56 Å². The third-order valence-electron chi connectivity index (χ3n) is 2.68. The molecule has 0 aliphatic rings. The second kappa shape index (κ2) is 10.1. The van der Waals surface area contributed by atoms with Crippen LogP contribution in [0.25, 0.3) is 0 Å². The Morgan fingerprint density at radius 2 is 1.95 bits per heavy atom. The Hall–Kier alpha value is -0.770. The van der Waals surface area contributed by atoms with Crippen molar-refractivity contribution in [1.29, 1.82) is 0 Å². The summed E-state index contributed by atoms with van der Waals surface area (Å²) >= 11 is 0. The minimum Gasteiger partial charge on any atom is -0.491 e. The average molecular weight is 288 g/mol. The predicted molar refractivity (Wildman–Crippen MR) is 82.3 cm³/mol. The topological polar surface area (TPSA) is 41.5 Å². The lowest BCUT2D eigenvalue weighted by molar-refractivity contribution is 0.104. The fourth-order valence-corrected chi connectivity index (χ4v) is 1.74. The molecule has 0 heterocycles. The number of ether oxygens (including phenoxy) is 1. The van der Waals surface area contributed by atoms with E-state index in [9.17, 15) is 5.11 Å². The summed E-state index contributed by atoms with van der Waals surface area (Å²) in [4.78, 5) is 0. The molecule has 0 spiro atoms. The molecule has 3 nitrogen and oxygen atoms in total. The number of benzene rings is 1. The number of hydrogen-bond donors (Lipinski definition) is 2. The summed E-state index contributed by atoms with van der Waals surface area (Å²) in [7, 11) is 0. The summed E-state index contributed by atoms with van der Waals surface area (Å²) in [5.41, 5.74) is 1.21. The second-order valence-corrected chi connectivity index (χ2v) is 4.89. The van der Waals surface area contributed by atoms with Crippen molar-refractivity contribution in [1.82, 2.24) is 5.32 Å². The highest BCUT2D eigenvalue weighted by molar-refractivity contribution is 5.85. The number of aliphatic hydroxyl groups excluding tert-OH is 1. The maximum atomic E-state index is 9.79. The molecule has 1 rings (SSSR count). The molecule has 0 radical (unpaired) electrons. The fourth-order valence-electron chi connectivity index (χ4n) is 1.74. The lowest BCUT2D eigenvalue weighted by atomic mass is 10.1. The molecule has 0 saturated carbocycles. The summed E-state index contributed by atoms with van der Waals surface area (Å²) in [6.07, 6.45) is 1.64. The molecule has 2 N–H and O–H groups in total. The van der Waals surface area contributed by atoms with Crippen LogP contribution >= 0.6 is 12.4 Å². The molecule has 0 bridgehead atoms. The van der Waals surface area contributed by atoms with Crippen molar-refractivity contribution in [3.05, 3.63) is 29.8 Å². The first-order chi connectivity index (χ1) is 8.63. The molecule has 0 amide bonds. The lowest BCUT2D eigenvalue weighted by Gasteiger charge is -2.16. The molecule has 19 heavy (non-hydrogen) atoms. The summed E-state index contributed by atoms with van der Waals surface area (Å²) in [5, 5.41) is 13.0. The first kappa shape index (κ1) is 18.2. The molecule has 0 unspecified atom stereocenters. The molecule has 1 aromatic carbocycles. The summed E-state index contributed by atoms with van der Waals surface area (Å²) in [5.74, 6) is 0.892. The highest BCUT2D eigenvalue weighted by atomic mass is 35.5. The van der Waals surface area contributed by atoms with Crippen molar-refractivity contribution >= 4 is 12.4 Å². The monoisotopic (exact) mass is 287 g/mol. The van der Waals surface area contributed by atoms with Gasteiger partial charge in [-0.05, 0) is 18.1 Å². The Labute approximate surface area is 122 Å². The van der Waals surface area contributed by atoms with Crippen LogP contribution in [0, 0.1) is 0 Å². The maximum Gasteiger partial charge on any atom is 0.122 e. The van der Waals surface area contributed by atoms with Gasteiger partial charge >= 0.3 is 0 Å². The second-order valence-electron chi connectivity index (χ2n) is 4.89. The van der Waals surface area contributed by atoms with Crippen LogP contribution in [0.15, 0.2) is 24.3 Å². The Kier molecular flexibility index (Phi) is 9.66. The number of aryl methyl sites for hydroxylation is 1. The highest BCUT2D eigenvalue weighted by Crippen LogP contribution is 2.19. The van der Waals surface area contributed by atoms with Crippen LogP contribution in [0.2, 0.25) is 0 Å². The van der Waals surface area contributed by atoms with Crippen LogP contribution in [0.1, 0.15) is 32.8 Å². The number of hydrogen-bond acceptors (Lipinski definition) is 3. The van der Waals surface area contributed by atoms with Crippen LogP contribution in [0.5, 0.6) is 5.75 Å². The number of aliphatic hydroxyl groups is 1. The molecule has 0 aliphatic carbocycles. The van der Waals surface area contributed by atoms with Crippen molar-refractivity contribution in [2.75, 3.05) is 13.2 Å². The number of para-hydroxylation sites is 1. The average Bonchev–Trinajstić information content (AvgIpc) is 2.35. The van der Waals surface area contributed by atoms with Gasteiger partial charge in [-0.25, -0.2) is 0 Å². The normalized spacial score (nSPS) is 12.1. The van der Waals surface area contributed by atoms with E-state index < -0.39 is 6.10 Å². The number of rotatable bonds is 8. The quantitative estimate of drug-likeness (QED) is 0.772. The van der Waals surface area contributed by atoms with E-state index >= 15 is 0 Å². The van der Waals surface area contributed by atoms with Gasteiger partial charge in [-0.2, -0.15) is 0 Å². The molecule has 4 heteroatoms. The minimum absolute atomic E-state index is 0. The fraction of sp³-hybridized carbons (Fsp3) is 0.600. The van der Waals surface area contributed by atoms with Gasteiger partial charge in [-0.3, -0.25) is 0 Å². The van der Waals surface area contributed by atoms with Gasteiger partial charge in [0.1, 0.15) is 18.5 Å². The van der Waals surface area contributed by atoms with E-state index in [0.29, 0.717) is 19.2 Å². The molecular formula is C15H26ClNO2. The van der Waals surface area contributed by atoms with Gasteiger partial charge in [0.15, 0.2) is 0 Å². The van der Waals surface area contributed by atoms with Crippen LogP contribution < -0.4 is 10.1 Å². The number of halogens is 1. The van der Waals surface area contributed by atoms with Gasteiger partial charge in [-0.1, -0.05) is 45.4 Å². The van der Waals surface area contributed by atoms with Crippen LogP contribution in [0.3, 0.4) is 0 Å². The van der Waals surface area contributed by atoms with Gasteiger partial charge in [0.2, 0.25) is 0 Å². The third kappa shape index (κ3) is 7.41. The van der Waals surface area contributed by atoms with Crippen LogP contribution in [-0.2, 0) is 6.42 Å². The predicted octanol–water partition coefficient (Wildman–Crippen LogP) is 2.80. The molecule has 0 aromatic heterocycles. The summed E-state index contributed by atoms with van der Waals surface area (Å²) < 4.78 is 5.69. The highest BCUT2D eigenvalue weighted by Gasteiger charge is 2.08. The van der Waals surface area contributed by atoms with Crippen LogP contribution in [0.4, 0.5) is 0 Å². The van der Waals surface area contributed by atoms with Crippen molar-refractivity contribution in [3.8, 4) is 5.75 Å². The van der Waals surface area contributed by atoms with Gasteiger partial charge in [0.25, 0.3) is 0 Å². The Balaban J connectivity index is 0.00000324. The minimum atomic E-state index is -0.470. The molecule has 110 valence electrons. The molecule has 1 aromatic rings. The van der Waals surface area contributed by atoms with Crippen LogP contribution in [-0.4, -0.2) is 30.4 Å². The van der Waals surface area contributed by atoms with Crippen molar-refractivity contribution < 1.29 is 9.84 Å². The van der Waals surface area contributed by atoms with Crippen molar-refractivity contribution in [3.63, 3.8) is 0 Å². The first-order valence-electron chi connectivity index (χ1n) is 6.75. The van der Waals surface area contributed by atoms with Crippen molar-refractivity contribution in [2.24, 2.45) is 0 Å². The first-order valence-corrected chi connectivity index (χ1v) is 6.75. The Morgan fingerprint density at radius 1 is 1.26 bits per heavy atom. The zero-order valence-corrected chi connectivity index (χ0v) is 12.9. The summed E-state index contributed by atoms with van der Waals surface area (Å²) in [6, 6.07) is 8.42. The number of nitrogens with one attached hydrogen (secondary N) is 1. The zero-order valence-electron chi connectivity index (χ0n) is 12.1. The zero-order chi connectivity index (χ0) is 13.4. The van der Waals surface area contributed by atoms with E-state index in [1.807, 2.05) is 18.2 Å². The van der Waals surface area contributed by atoms with Gasteiger partial charge in [0, 0.05) is 12.6 Å². The van der Waals surface area contributed by atoms with E-state index in [2.05, 4.69) is 32.2 Å². The van der Waals surface area contributed by atoms with Gasteiger partial charge in [0.05, 0.1) is 0 Å². The molecular weight excluding hydrogens is 262 g/mol. The van der Waals surface area contributed by atoms with Gasteiger partial charge < -0.3 is 15.2 Å². The van der Waals surface area contributed by atoms with E-state index in [0.717, 1.165) is 18.6 Å².